The van der Waals surface area contributed by atoms with Crippen molar-refractivity contribution in [2.45, 2.75) is 46.8 Å². The number of guanidine groups is 1. The van der Waals surface area contributed by atoms with Crippen molar-refractivity contribution in [3.05, 3.63) is 23.8 Å². The van der Waals surface area contributed by atoms with E-state index in [1.54, 1.807) is 25.1 Å². The highest BCUT2D eigenvalue weighted by Crippen LogP contribution is 2.33. The average Bonchev–Trinajstić information content (AvgIpc) is 2.66. The monoisotopic (exact) mass is 400 g/mol. The lowest BCUT2D eigenvalue weighted by Gasteiger charge is -2.15. The molecular formula is C19H30F2N4O3. The van der Waals surface area contributed by atoms with Crippen LogP contribution in [0.15, 0.2) is 23.2 Å². The van der Waals surface area contributed by atoms with Gasteiger partial charge in [-0.2, -0.15) is 8.78 Å². The quantitative estimate of drug-likeness (QED) is 0.371. The van der Waals surface area contributed by atoms with Gasteiger partial charge in [0.25, 0.3) is 0 Å². The lowest BCUT2D eigenvalue weighted by atomic mass is 10.2. The summed E-state index contributed by atoms with van der Waals surface area (Å²) in [6, 6.07) is 4.94. The summed E-state index contributed by atoms with van der Waals surface area (Å²) >= 11 is 0. The number of para-hydroxylation sites is 1. The van der Waals surface area contributed by atoms with Gasteiger partial charge in [0.1, 0.15) is 0 Å². The number of rotatable bonds is 12. The molecule has 7 nitrogen and oxygen atoms in total. The topological polar surface area (TPSA) is 84.0 Å². The van der Waals surface area contributed by atoms with Gasteiger partial charge in [-0.25, -0.2) is 4.99 Å². The van der Waals surface area contributed by atoms with Gasteiger partial charge in [0.2, 0.25) is 5.91 Å². The van der Waals surface area contributed by atoms with Crippen LogP contribution < -0.4 is 25.4 Å². The zero-order valence-corrected chi connectivity index (χ0v) is 16.7. The van der Waals surface area contributed by atoms with Crippen LogP contribution in [0.25, 0.3) is 0 Å². The lowest BCUT2D eigenvalue weighted by molar-refractivity contribution is -0.120. The molecule has 0 heterocycles. The first-order valence-electron chi connectivity index (χ1n) is 9.50. The van der Waals surface area contributed by atoms with Gasteiger partial charge in [0, 0.05) is 31.6 Å². The van der Waals surface area contributed by atoms with Crippen LogP contribution in [-0.2, 0) is 11.3 Å². The van der Waals surface area contributed by atoms with Crippen molar-refractivity contribution >= 4 is 11.9 Å². The third-order valence-electron chi connectivity index (χ3n) is 3.54. The summed E-state index contributed by atoms with van der Waals surface area (Å²) in [7, 11) is 0. The fourth-order valence-corrected chi connectivity index (χ4v) is 2.33. The molecule has 0 spiro atoms. The summed E-state index contributed by atoms with van der Waals surface area (Å²) in [6.45, 7) is 4.81. The van der Waals surface area contributed by atoms with E-state index in [0.29, 0.717) is 44.2 Å². The number of hydrogen-bond acceptors (Lipinski definition) is 4. The molecule has 0 unspecified atom stereocenters. The Balaban J connectivity index is 2.80. The van der Waals surface area contributed by atoms with Crippen LogP contribution in [0.2, 0.25) is 0 Å². The molecule has 1 amide bonds. The minimum Gasteiger partial charge on any atom is -0.490 e. The number of aliphatic imine (C=N–C) groups is 1. The van der Waals surface area contributed by atoms with Crippen LogP contribution in [-0.4, -0.2) is 44.7 Å². The number of amides is 1. The van der Waals surface area contributed by atoms with Crippen molar-refractivity contribution in [3.8, 4) is 11.5 Å². The number of nitrogens with zero attached hydrogens (tertiary/aromatic N) is 1. The van der Waals surface area contributed by atoms with Crippen LogP contribution in [0.3, 0.4) is 0 Å². The molecule has 1 aromatic carbocycles. The number of benzene rings is 1. The standard InChI is InChI=1S/C19H30F2N4O3/c1-4-11-23-16(26)10-12-24-19(22-5-2)25-13-14-8-7-9-15(27-6-3)17(14)28-18(20)21/h7-9,18H,4-6,10-13H2,1-3H3,(H,23,26)(H2,22,24,25). The molecule has 0 fully saturated rings. The van der Waals surface area contributed by atoms with Crippen LogP contribution in [0.4, 0.5) is 8.78 Å². The fraction of sp³-hybridized carbons (Fsp3) is 0.579. The molecule has 0 atom stereocenters. The van der Waals surface area contributed by atoms with Crippen molar-refractivity contribution < 1.29 is 23.0 Å². The first kappa shape index (κ1) is 23.5. The molecule has 0 bridgehead atoms. The van der Waals surface area contributed by atoms with Gasteiger partial charge in [-0.05, 0) is 26.3 Å². The molecular weight excluding hydrogens is 370 g/mol. The maximum Gasteiger partial charge on any atom is 0.387 e. The zero-order chi connectivity index (χ0) is 20.8. The highest BCUT2D eigenvalue weighted by molar-refractivity contribution is 5.81. The van der Waals surface area contributed by atoms with E-state index in [2.05, 4.69) is 25.7 Å². The number of alkyl halides is 2. The van der Waals surface area contributed by atoms with E-state index in [0.717, 1.165) is 6.42 Å². The summed E-state index contributed by atoms with van der Waals surface area (Å²) in [5, 5.41) is 8.91. The summed E-state index contributed by atoms with van der Waals surface area (Å²) in [5.74, 6) is 0.678. The number of halogens is 2. The van der Waals surface area contributed by atoms with Crippen molar-refractivity contribution in [1.82, 2.24) is 16.0 Å². The molecule has 1 rings (SSSR count). The zero-order valence-electron chi connectivity index (χ0n) is 16.7. The van der Waals surface area contributed by atoms with Gasteiger partial charge in [-0.1, -0.05) is 19.1 Å². The van der Waals surface area contributed by atoms with Crippen molar-refractivity contribution in [3.63, 3.8) is 0 Å². The lowest BCUT2D eigenvalue weighted by Crippen LogP contribution is -2.39. The third-order valence-corrected chi connectivity index (χ3v) is 3.54. The first-order chi connectivity index (χ1) is 13.5. The molecule has 0 saturated carbocycles. The Kier molecular flexibility index (Phi) is 11.4. The Labute approximate surface area is 164 Å². The maximum atomic E-state index is 12.8. The Morgan fingerprint density at radius 1 is 1.14 bits per heavy atom. The van der Waals surface area contributed by atoms with E-state index in [4.69, 9.17) is 4.74 Å². The molecule has 0 saturated heterocycles. The van der Waals surface area contributed by atoms with E-state index in [-0.39, 0.29) is 24.0 Å². The number of ether oxygens (including phenoxy) is 2. The van der Waals surface area contributed by atoms with Crippen molar-refractivity contribution in [2.24, 2.45) is 4.99 Å². The molecule has 0 aliphatic carbocycles. The fourth-order valence-electron chi connectivity index (χ4n) is 2.33. The molecule has 0 aromatic heterocycles. The summed E-state index contributed by atoms with van der Waals surface area (Å²) in [5.41, 5.74) is 0.476. The SMILES string of the molecule is CCCNC(=O)CCNC(=NCc1cccc(OCC)c1OC(F)F)NCC. The number of nitrogens with one attached hydrogen (secondary N) is 3. The first-order valence-corrected chi connectivity index (χ1v) is 9.50. The number of carbonyl (C=O) groups is 1. The normalized spacial score (nSPS) is 11.3. The van der Waals surface area contributed by atoms with Crippen LogP contribution in [0.1, 0.15) is 39.2 Å². The Morgan fingerprint density at radius 3 is 2.57 bits per heavy atom. The smallest absolute Gasteiger partial charge is 0.387 e. The Hall–Kier alpha value is -2.58. The van der Waals surface area contributed by atoms with Gasteiger partial charge < -0.3 is 25.4 Å². The number of hydrogen-bond donors (Lipinski definition) is 3. The molecule has 0 aliphatic rings. The Morgan fingerprint density at radius 2 is 1.93 bits per heavy atom. The molecule has 158 valence electrons. The van der Waals surface area contributed by atoms with Crippen LogP contribution >= 0.6 is 0 Å². The van der Waals surface area contributed by atoms with E-state index in [1.165, 1.54) is 0 Å². The minimum atomic E-state index is -2.96. The van der Waals surface area contributed by atoms with Gasteiger partial charge >= 0.3 is 6.61 Å². The highest BCUT2D eigenvalue weighted by atomic mass is 19.3. The summed E-state index contributed by atoms with van der Waals surface area (Å²) < 4.78 is 35.6. The second-order valence-corrected chi connectivity index (χ2v) is 5.78. The van der Waals surface area contributed by atoms with Gasteiger partial charge in [-0.3, -0.25) is 4.79 Å². The maximum absolute atomic E-state index is 12.8. The molecule has 1 aromatic rings. The van der Waals surface area contributed by atoms with Gasteiger partial charge in [-0.15, -0.1) is 0 Å². The number of carbonyl (C=O) groups excluding carboxylic acids is 1. The van der Waals surface area contributed by atoms with Crippen LogP contribution in [0.5, 0.6) is 11.5 Å². The van der Waals surface area contributed by atoms with Gasteiger partial charge in [0.15, 0.2) is 17.5 Å². The second-order valence-electron chi connectivity index (χ2n) is 5.78. The minimum absolute atomic E-state index is 0.0158. The largest absolute Gasteiger partial charge is 0.490 e. The van der Waals surface area contributed by atoms with E-state index in [9.17, 15) is 13.6 Å². The molecule has 9 heteroatoms. The molecule has 0 aliphatic heterocycles. The van der Waals surface area contributed by atoms with E-state index < -0.39 is 6.61 Å². The highest BCUT2D eigenvalue weighted by Gasteiger charge is 2.15. The van der Waals surface area contributed by atoms with Gasteiger partial charge in [0.05, 0.1) is 13.2 Å². The Bertz CT molecular complexity index is 627. The summed E-state index contributed by atoms with van der Waals surface area (Å²) in [4.78, 5) is 16.0. The van der Waals surface area contributed by atoms with Crippen LogP contribution in [0, 0.1) is 0 Å². The third kappa shape index (κ3) is 8.88. The molecule has 0 radical (unpaired) electrons. The summed E-state index contributed by atoms with van der Waals surface area (Å²) in [6.07, 6.45) is 1.19. The average molecular weight is 400 g/mol. The molecule has 3 N–H and O–H groups in total. The van der Waals surface area contributed by atoms with E-state index in [1.807, 2.05) is 13.8 Å². The molecule has 28 heavy (non-hydrogen) atoms. The predicted molar refractivity (Wildman–Crippen MR) is 105 cm³/mol. The van der Waals surface area contributed by atoms with Crippen molar-refractivity contribution in [2.75, 3.05) is 26.2 Å². The van der Waals surface area contributed by atoms with E-state index >= 15 is 0 Å². The second kappa shape index (κ2) is 13.6. The van der Waals surface area contributed by atoms with Crippen molar-refractivity contribution in [1.29, 1.82) is 0 Å². The predicted octanol–water partition coefficient (Wildman–Crippen LogP) is 2.66.